The van der Waals surface area contributed by atoms with E-state index in [9.17, 15) is 4.79 Å². The van der Waals surface area contributed by atoms with Crippen LogP contribution in [0.5, 0.6) is 0 Å². The number of hydrogen-bond donors (Lipinski definition) is 0. The molecule has 0 radical (unpaired) electrons. The van der Waals surface area contributed by atoms with E-state index in [2.05, 4.69) is 13.0 Å². The lowest BCUT2D eigenvalue weighted by atomic mass is 10.00. The van der Waals surface area contributed by atoms with Crippen molar-refractivity contribution >= 4 is 17.4 Å². The van der Waals surface area contributed by atoms with Crippen LogP contribution in [0.3, 0.4) is 0 Å². The molecule has 0 saturated heterocycles. The fourth-order valence-corrected chi connectivity index (χ4v) is 2.34. The van der Waals surface area contributed by atoms with Gasteiger partial charge in [0.25, 0.3) is 0 Å². The van der Waals surface area contributed by atoms with Gasteiger partial charge in [-0.2, -0.15) is 0 Å². The van der Waals surface area contributed by atoms with Crippen molar-refractivity contribution in [3.05, 3.63) is 70.2 Å². The molecule has 0 unspecified atom stereocenters. The Hall–Kier alpha value is -1.60. The molecule has 2 rings (SSSR count). The molecule has 0 aliphatic heterocycles. The second-order valence-corrected chi connectivity index (χ2v) is 5.12. The van der Waals surface area contributed by atoms with E-state index < -0.39 is 0 Å². The quantitative estimate of drug-likeness (QED) is 0.720. The monoisotopic (exact) mass is 272 g/mol. The van der Waals surface area contributed by atoms with Crippen LogP contribution in [0, 0.1) is 0 Å². The molecule has 0 aromatic heterocycles. The van der Waals surface area contributed by atoms with Crippen molar-refractivity contribution < 1.29 is 4.79 Å². The molecule has 2 heteroatoms. The predicted molar refractivity (Wildman–Crippen MR) is 79.9 cm³/mol. The molecule has 19 heavy (non-hydrogen) atoms. The number of Topliss-reactive ketones (excluding diaryl/α,β-unsaturated/α-hetero) is 1. The summed E-state index contributed by atoms with van der Waals surface area (Å²) in [5.74, 6) is 0.139. The molecule has 0 N–H and O–H groups in total. The van der Waals surface area contributed by atoms with E-state index in [0.717, 1.165) is 24.0 Å². The second kappa shape index (κ2) is 6.53. The van der Waals surface area contributed by atoms with E-state index in [1.54, 1.807) is 0 Å². The smallest absolute Gasteiger partial charge is 0.167 e. The first-order valence-electron chi connectivity index (χ1n) is 6.55. The van der Waals surface area contributed by atoms with E-state index in [1.165, 1.54) is 5.56 Å². The Morgan fingerprint density at radius 1 is 1.05 bits per heavy atom. The van der Waals surface area contributed by atoms with Crippen molar-refractivity contribution in [1.29, 1.82) is 0 Å². The summed E-state index contributed by atoms with van der Waals surface area (Å²) in [6.07, 6.45) is 2.50. The molecule has 0 fully saturated rings. The van der Waals surface area contributed by atoms with Gasteiger partial charge in [-0.3, -0.25) is 4.79 Å². The number of carbonyl (C=O) groups is 1. The van der Waals surface area contributed by atoms with E-state index >= 15 is 0 Å². The predicted octanol–water partition coefficient (Wildman–Crippen LogP) is 4.72. The standard InChI is InChI=1S/C17H17ClO/c1-2-5-13-6-3-8-15(10-13)17(19)12-14-7-4-9-16(18)11-14/h3-4,6-11H,2,5,12H2,1H3. The third-order valence-electron chi connectivity index (χ3n) is 3.04. The van der Waals surface area contributed by atoms with E-state index in [4.69, 9.17) is 11.6 Å². The Morgan fingerprint density at radius 2 is 1.79 bits per heavy atom. The van der Waals surface area contributed by atoms with Crippen LogP contribution in [0.1, 0.15) is 34.8 Å². The van der Waals surface area contributed by atoms with E-state index in [-0.39, 0.29) is 5.78 Å². The zero-order valence-electron chi connectivity index (χ0n) is 11.0. The van der Waals surface area contributed by atoms with Crippen LogP contribution in [0.25, 0.3) is 0 Å². The molecule has 0 aliphatic rings. The molecule has 0 amide bonds. The van der Waals surface area contributed by atoms with Gasteiger partial charge in [0.2, 0.25) is 0 Å². The van der Waals surface area contributed by atoms with Gasteiger partial charge in [-0.15, -0.1) is 0 Å². The molecular weight excluding hydrogens is 256 g/mol. The van der Waals surface area contributed by atoms with Gasteiger partial charge >= 0.3 is 0 Å². The molecule has 98 valence electrons. The highest BCUT2D eigenvalue weighted by atomic mass is 35.5. The van der Waals surface area contributed by atoms with Crippen LogP contribution in [0.15, 0.2) is 48.5 Å². The van der Waals surface area contributed by atoms with Crippen molar-refractivity contribution in [2.24, 2.45) is 0 Å². The Morgan fingerprint density at radius 3 is 2.53 bits per heavy atom. The number of halogens is 1. The summed E-state index contributed by atoms with van der Waals surface area (Å²) < 4.78 is 0. The minimum absolute atomic E-state index is 0.139. The fourth-order valence-electron chi connectivity index (χ4n) is 2.12. The summed E-state index contributed by atoms with van der Waals surface area (Å²) in [6.45, 7) is 2.14. The Labute approximate surface area is 119 Å². The average Bonchev–Trinajstić information content (AvgIpc) is 2.39. The van der Waals surface area contributed by atoms with Crippen LogP contribution in [0.2, 0.25) is 5.02 Å². The molecule has 0 saturated carbocycles. The van der Waals surface area contributed by atoms with Crippen molar-refractivity contribution in [2.75, 3.05) is 0 Å². The van der Waals surface area contributed by atoms with Crippen molar-refractivity contribution in [3.8, 4) is 0 Å². The molecule has 2 aromatic carbocycles. The molecule has 0 spiro atoms. The number of rotatable bonds is 5. The topological polar surface area (TPSA) is 17.1 Å². The molecule has 2 aromatic rings. The van der Waals surface area contributed by atoms with Crippen molar-refractivity contribution in [1.82, 2.24) is 0 Å². The maximum Gasteiger partial charge on any atom is 0.167 e. The van der Waals surface area contributed by atoms with Crippen LogP contribution < -0.4 is 0 Å². The normalized spacial score (nSPS) is 10.4. The Balaban J connectivity index is 2.13. The van der Waals surface area contributed by atoms with Crippen LogP contribution >= 0.6 is 11.6 Å². The highest BCUT2D eigenvalue weighted by molar-refractivity contribution is 6.30. The van der Waals surface area contributed by atoms with E-state index in [0.29, 0.717) is 11.4 Å². The Bertz CT molecular complexity index is 575. The largest absolute Gasteiger partial charge is 0.294 e. The molecule has 0 atom stereocenters. The third-order valence-corrected chi connectivity index (χ3v) is 3.28. The molecular formula is C17H17ClO. The first-order chi connectivity index (χ1) is 9.19. The van der Waals surface area contributed by atoms with Gasteiger partial charge in [0.15, 0.2) is 5.78 Å². The zero-order valence-corrected chi connectivity index (χ0v) is 11.8. The summed E-state index contributed by atoms with van der Waals surface area (Å²) in [5.41, 5.74) is 2.96. The molecule has 1 nitrogen and oxygen atoms in total. The minimum Gasteiger partial charge on any atom is -0.294 e. The molecule has 0 heterocycles. The van der Waals surface area contributed by atoms with Gasteiger partial charge in [0.1, 0.15) is 0 Å². The van der Waals surface area contributed by atoms with Crippen LogP contribution in [-0.4, -0.2) is 5.78 Å². The Kier molecular flexibility index (Phi) is 4.75. The number of aryl methyl sites for hydroxylation is 1. The van der Waals surface area contributed by atoms with Gasteiger partial charge in [-0.25, -0.2) is 0 Å². The first kappa shape index (κ1) is 13.8. The summed E-state index contributed by atoms with van der Waals surface area (Å²) in [6, 6.07) is 15.4. The summed E-state index contributed by atoms with van der Waals surface area (Å²) in [7, 11) is 0. The molecule has 0 bridgehead atoms. The number of carbonyl (C=O) groups excluding carboxylic acids is 1. The number of benzene rings is 2. The average molecular weight is 273 g/mol. The minimum atomic E-state index is 0.139. The van der Waals surface area contributed by atoms with Crippen LogP contribution in [0.4, 0.5) is 0 Å². The number of hydrogen-bond acceptors (Lipinski definition) is 1. The number of ketones is 1. The fraction of sp³-hybridized carbons (Fsp3) is 0.235. The lowest BCUT2D eigenvalue weighted by Gasteiger charge is -2.05. The summed E-state index contributed by atoms with van der Waals surface area (Å²) in [4.78, 5) is 12.2. The highest BCUT2D eigenvalue weighted by Crippen LogP contribution is 2.14. The maximum absolute atomic E-state index is 12.2. The van der Waals surface area contributed by atoms with Gasteiger partial charge in [-0.05, 0) is 35.7 Å². The van der Waals surface area contributed by atoms with Crippen LogP contribution in [-0.2, 0) is 12.8 Å². The maximum atomic E-state index is 12.2. The summed E-state index contributed by atoms with van der Waals surface area (Å²) >= 11 is 5.93. The van der Waals surface area contributed by atoms with E-state index in [1.807, 2.05) is 42.5 Å². The first-order valence-corrected chi connectivity index (χ1v) is 6.93. The van der Waals surface area contributed by atoms with Gasteiger partial charge < -0.3 is 0 Å². The highest BCUT2D eigenvalue weighted by Gasteiger charge is 2.08. The van der Waals surface area contributed by atoms with Crippen molar-refractivity contribution in [2.45, 2.75) is 26.2 Å². The lowest BCUT2D eigenvalue weighted by molar-refractivity contribution is 0.0993. The van der Waals surface area contributed by atoms with Gasteiger partial charge in [0.05, 0.1) is 0 Å². The van der Waals surface area contributed by atoms with Gasteiger partial charge in [-0.1, -0.05) is 55.3 Å². The van der Waals surface area contributed by atoms with Crippen molar-refractivity contribution in [3.63, 3.8) is 0 Å². The second-order valence-electron chi connectivity index (χ2n) is 4.68. The van der Waals surface area contributed by atoms with Gasteiger partial charge in [0, 0.05) is 17.0 Å². The lowest BCUT2D eigenvalue weighted by Crippen LogP contribution is -2.04. The molecule has 0 aliphatic carbocycles. The SMILES string of the molecule is CCCc1cccc(C(=O)Cc2cccc(Cl)c2)c1. The summed E-state index contributed by atoms with van der Waals surface area (Å²) in [5, 5.41) is 0.671. The zero-order chi connectivity index (χ0) is 13.7. The third kappa shape index (κ3) is 3.93.